The molecule has 15 heteroatoms. The SMILES string of the molecule is C#C[C@@H](C(=O)O[C@H]1CC(=O)N(C)c2cc(cc(OC)c2Cl)C/C(C)=C/C=C/[C@@H](OC)[C@@]2(O)C[C@H](OC(=O)N2)[C@@H](C)[C@@H]2O[C@@]12C)N(C)C(=O)CCC(C)(C)SC. The topological polar surface area (TPSA) is 156 Å². The number of amides is 3. The number of hydrogen-bond acceptors (Lipinski definition) is 11. The van der Waals surface area contributed by atoms with E-state index in [-0.39, 0.29) is 34.9 Å². The van der Waals surface area contributed by atoms with Crippen molar-refractivity contribution in [2.24, 2.45) is 5.92 Å². The number of hydrogen-bond donors (Lipinski definition) is 2. The van der Waals surface area contributed by atoms with Gasteiger partial charge in [-0.15, -0.1) is 6.42 Å². The summed E-state index contributed by atoms with van der Waals surface area (Å²) in [5.74, 6) is 0.456. The first-order valence-corrected chi connectivity index (χ1v) is 19.7. The van der Waals surface area contributed by atoms with Crippen molar-refractivity contribution in [3.63, 3.8) is 0 Å². The van der Waals surface area contributed by atoms with Gasteiger partial charge in [0.15, 0.2) is 11.8 Å². The number of allylic oxidation sites excluding steroid dienone is 3. The van der Waals surface area contributed by atoms with Gasteiger partial charge in [0.05, 0.1) is 25.3 Å². The number of carbonyl (C=O) groups is 4. The molecule has 3 aliphatic heterocycles. The second kappa shape index (κ2) is 17.6. The average molecular weight is 804 g/mol. The molecule has 0 spiro atoms. The molecule has 0 aromatic heterocycles. The molecule has 0 radical (unpaired) electrons. The van der Waals surface area contributed by atoms with E-state index in [9.17, 15) is 24.3 Å². The highest BCUT2D eigenvalue weighted by Crippen LogP contribution is 2.49. The first kappa shape index (κ1) is 44.0. The quantitative estimate of drug-likeness (QED) is 0.196. The largest absolute Gasteiger partial charge is 0.495 e. The summed E-state index contributed by atoms with van der Waals surface area (Å²) < 4.78 is 29.0. The Bertz CT molecular complexity index is 1750. The summed E-state index contributed by atoms with van der Waals surface area (Å²) in [7, 11) is 5.91. The molecule has 55 heavy (non-hydrogen) atoms. The molecule has 3 heterocycles. The monoisotopic (exact) mass is 803 g/mol. The van der Waals surface area contributed by atoms with E-state index >= 15 is 0 Å². The lowest BCUT2D eigenvalue weighted by molar-refractivity contribution is -0.160. The molecule has 1 aromatic rings. The molecule has 2 fully saturated rings. The normalized spacial score (nSPS) is 30.6. The van der Waals surface area contributed by atoms with Crippen LogP contribution >= 0.6 is 23.4 Å². The minimum absolute atomic E-state index is 0.0724. The Balaban J connectivity index is 1.75. The van der Waals surface area contributed by atoms with Crippen LogP contribution in [0.3, 0.4) is 0 Å². The van der Waals surface area contributed by atoms with Gasteiger partial charge in [-0.05, 0) is 50.6 Å². The number of nitrogens with zero attached hydrogens (tertiary/aromatic N) is 2. The summed E-state index contributed by atoms with van der Waals surface area (Å²) >= 11 is 8.39. The Kier molecular flexibility index (Phi) is 14.1. The van der Waals surface area contributed by atoms with Crippen LogP contribution in [-0.2, 0) is 39.8 Å². The first-order valence-electron chi connectivity index (χ1n) is 18.1. The smallest absolute Gasteiger partial charge is 0.409 e. The van der Waals surface area contributed by atoms with Crippen molar-refractivity contribution in [2.45, 2.75) is 113 Å². The molecule has 1 aromatic carbocycles. The zero-order valence-corrected chi connectivity index (χ0v) is 34.8. The van der Waals surface area contributed by atoms with Crippen molar-refractivity contribution >= 4 is 52.9 Å². The highest BCUT2D eigenvalue weighted by atomic mass is 35.5. The Labute approximate surface area is 333 Å². The van der Waals surface area contributed by atoms with Gasteiger partial charge in [0.1, 0.15) is 34.7 Å². The Morgan fingerprint density at radius 3 is 2.60 bits per heavy atom. The number of benzene rings is 1. The van der Waals surface area contributed by atoms with Crippen molar-refractivity contribution in [1.29, 1.82) is 0 Å². The van der Waals surface area contributed by atoms with Gasteiger partial charge in [0.2, 0.25) is 11.8 Å². The second-order valence-electron chi connectivity index (χ2n) is 15.3. The van der Waals surface area contributed by atoms with Gasteiger partial charge >= 0.3 is 12.1 Å². The fourth-order valence-electron chi connectivity index (χ4n) is 6.98. The Morgan fingerprint density at radius 1 is 1.29 bits per heavy atom. The van der Waals surface area contributed by atoms with Crippen molar-refractivity contribution in [3.05, 3.63) is 46.5 Å². The van der Waals surface area contributed by atoms with Crippen molar-refractivity contribution in [2.75, 3.05) is 39.5 Å². The van der Waals surface area contributed by atoms with Crippen molar-refractivity contribution < 1.29 is 48.0 Å². The molecule has 2 saturated heterocycles. The highest BCUT2D eigenvalue weighted by Gasteiger charge is 2.64. The number of fused-ring (bicyclic) bond motifs is 5. The molecule has 0 saturated carbocycles. The van der Waals surface area contributed by atoms with Crippen LogP contribution in [0.5, 0.6) is 5.75 Å². The van der Waals surface area contributed by atoms with E-state index < -0.39 is 65.7 Å². The first-order chi connectivity index (χ1) is 25.7. The number of rotatable bonds is 9. The van der Waals surface area contributed by atoms with Gasteiger partial charge in [0, 0.05) is 44.7 Å². The maximum absolute atomic E-state index is 14.2. The minimum Gasteiger partial charge on any atom is -0.495 e. The third kappa shape index (κ3) is 9.99. The number of likely N-dealkylation sites (N-methyl/N-ethyl adjacent to an activating group) is 1. The summed E-state index contributed by atoms with van der Waals surface area (Å²) in [6.45, 7) is 9.43. The van der Waals surface area contributed by atoms with E-state index in [4.69, 9.17) is 41.7 Å². The number of thioether (sulfide) groups is 1. The standard InChI is InChI=1S/C40H54ClN3O10S/c1-12-26(43(7)32(45)16-17-38(4,5)55-11)36(47)53-31-21-33(46)44(8)27-19-25(20-28(50-9)34(27)41)18-23(2)14-13-15-30(51-10)40(49)22-29(52-37(48)42-40)24(3)35-39(31,6)54-35/h1,13-15,19-20,24,26,29-31,35,49H,16-18,21-22H2,2-11H3,(H,42,48)/b15-13+,23-14+/t24-,26+,29+,30-,31+,35+,39+,40+/m1/s1. The third-order valence-corrected chi connectivity index (χ3v) is 12.6. The number of esters is 1. The van der Waals surface area contributed by atoms with Crippen molar-refractivity contribution in [1.82, 2.24) is 10.2 Å². The number of carbonyl (C=O) groups excluding carboxylic acids is 4. The van der Waals surface area contributed by atoms with E-state index in [2.05, 4.69) is 11.2 Å². The molecular weight excluding hydrogens is 750 g/mol. The highest BCUT2D eigenvalue weighted by molar-refractivity contribution is 7.99. The predicted molar refractivity (Wildman–Crippen MR) is 211 cm³/mol. The summed E-state index contributed by atoms with van der Waals surface area (Å²) in [6.07, 6.45) is 9.12. The third-order valence-electron chi connectivity index (χ3n) is 10.9. The van der Waals surface area contributed by atoms with E-state index in [0.717, 1.165) is 11.1 Å². The average Bonchev–Trinajstić information content (AvgIpc) is 3.83. The molecule has 13 nitrogen and oxygen atoms in total. The van der Waals surface area contributed by atoms with Gasteiger partial charge in [-0.3, -0.25) is 14.9 Å². The van der Waals surface area contributed by atoms with Gasteiger partial charge in [0.25, 0.3) is 0 Å². The van der Waals surface area contributed by atoms with Crippen LogP contribution in [0.25, 0.3) is 0 Å². The number of nitrogens with one attached hydrogen (secondary N) is 1. The van der Waals surface area contributed by atoms with Crippen LogP contribution in [-0.4, -0.2) is 115 Å². The second-order valence-corrected chi connectivity index (χ2v) is 17.2. The number of methoxy groups -OCH3 is 2. The molecule has 0 aliphatic carbocycles. The fourth-order valence-corrected chi connectivity index (χ4v) is 7.60. The van der Waals surface area contributed by atoms with E-state index in [0.29, 0.717) is 24.3 Å². The summed E-state index contributed by atoms with van der Waals surface area (Å²) in [5.41, 5.74) is -1.05. The number of anilines is 1. The molecule has 2 N–H and O–H groups in total. The van der Waals surface area contributed by atoms with Crippen LogP contribution in [0, 0.1) is 18.3 Å². The fraction of sp³-hybridized carbons (Fsp3) is 0.600. The zero-order valence-electron chi connectivity index (χ0n) is 33.3. The number of ether oxygens (including phenoxy) is 5. The van der Waals surface area contributed by atoms with E-state index in [1.807, 2.05) is 33.1 Å². The van der Waals surface area contributed by atoms with E-state index in [1.54, 1.807) is 56.9 Å². The zero-order chi connectivity index (χ0) is 41.0. The molecule has 0 unspecified atom stereocenters. The van der Waals surface area contributed by atoms with Crippen LogP contribution in [0.4, 0.5) is 10.5 Å². The number of terminal acetylenes is 1. The summed E-state index contributed by atoms with van der Waals surface area (Å²) in [6, 6.07) is 2.17. The minimum atomic E-state index is -1.85. The molecule has 4 bridgehead atoms. The molecule has 8 atom stereocenters. The van der Waals surface area contributed by atoms with E-state index in [1.165, 1.54) is 31.1 Å². The molecule has 3 aliphatic rings. The van der Waals surface area contributed by atoms with Crippen LogP contribution in [0.1, 0.15) is 65.9 Å². The maximum Gasteiger partial charge on any atom is 0.409 e. The maximum atomic E-state index is 14.2. The van der Waals surface area contributed by atoms with Gasteiger partial charge in [-0.25, -0.2) is 9.59 Å². The lowest BCUT2D eigenvalue weighted by atomic mass is 9.83. The Morgan fingerprint density at radius 2 is 1.98 bits per heavy atom. The lowest BCUT2D eigenvalue weighted by Crippen LogP contribution is -2.63. The summed E-state index contributed by atoms with van der Waals surface area (Å²) in [5, 5.41) is 14.5. The number of halogens is 1. The van der Waals surface area contributed by atoms with Gasteiger partial charge < -0.3 is 38.6 Å². The van der Waals surface area contributed by atoms with Gasteiger partial charge in [-0.1, -0.05) is 62.1 Å². The Hall–Kier alpha value is -3.74. The van der Waals surface area contributed by atoms with Crippen LogP contribution < -0.4 is 15.0 Å². The van der Waals surface area contributed by atoms with Crippen LogP contribution in [0.15, 0.2) is 35.9 Å². The lowest BCUT2D eigenvalue weighted by Gasteiger charge is -2.42. The molecule has 3 amide bonds. The van der Waals surface area contributed by atoms with Gasteiger partial charge in [-0.2, -0.15) is 11.8 Å². The number of aliphatic hydroxyl groups is 1. The number of epoxide rings is 1. The summed E-state index contributed by atoms with van der Waals surface area (Å²) in [4.78, 5) is 56.8. The van der Waals surface area contributed by atoms with Crippen LogP contribution in [0.2, 0.25) is 5.02 Å². The number of alkyl carbamates (subject to hydrolysis) is 1. The predicted octanol–water partition coefficient (Wildman–Crippen LogP) is 5.05. The van der Waals surface area contributed by atoms with Crippen molar-refractivity contribution in [3.8, 4) is 18.1 Å². The molecule has 4 rings (SSSR count). The molecular formula is C40H54ClN3O10S. The molecule has 302 valence electrons.